The largest absolute Gasteiger partial charge is 0.370 e. The van der Waals surface area contributed by atoms with Crippen molar-refractivity contribution in [3.05, 3.63) is 63.6 Å². The zero-order chi connectivity index (χ0) is 13.8. The van der Waals surface area contributed by atoms with Crippen molar-refractivity contribution in [2.75, 3.05) is 5.32 Å². The van der Waals surface area contributed by atoms with Gasteiger partial charge in [-0.2, -0.15) is 0 Å². The van der Waals surface area contributed by atoms with Crippen LogP contribution in [0.25, 0.3) is 0 Å². The minimum absolute atomic E-state index is 0.442. The van der Waals surface area contributed by atoms with Crippen LogP contribution in [-0.4, -0.2) is 5.91 Å². The summed E-state index contributed by atoms with van der Waals surface area (Å²) in [6, 6.07) is 14.0. The highest BCUT2D eigenvalue weighted by Gasteiger charge is 2.17. The molecule has 2 aromatic carbocycles. The molecule has 5 heteroatoms. The van der Waals surface area contributed by atoms with Gasteiger partial charge < -0.3 is 11.1 Å². The van der Waals surface area contributed by atoms with Gasteiger partial charge in [0.15, 0.2) is 0 Å². The highest BCUT2D eigenvalue weighted by Crippen LogP contribution is 2.23. The zero-order valence-electron chi connectivity index (χ0n) is 9.94. The average Bonchev–Trinajstić information content (AvgIpc) is 2.37. The number of halogens is 2. The van der Waals surface area contributed by atoms with Crippen molar-refractivity contribution in [2.24, 2.45) is 5.73 Å². The Morgan fingerprint density at radius 3 is 2.47 bits per heavy atom. The summed E-state index contributed by atoms with van der Waals surface area (Å²) in [6.07, 6.45) is 0. The summed E-state index contributed by atoms with van der Waals surface area (Å²) in [5.41, 5.74) is 7.00. The van der Waals surface area contributed by atoms with E-state index in [2.05, 4.69) is 21.2 Å². The fourth-order valence-corrected chi connectivity index (χ4v) is 2.17. The Hall–Kier alpha value is -1.52. The number of anilines is 1. The maximum Gasteiger partial charge on any atom is 0.244 e. The maximum absolute atomic E-state index is 11.6. The van der Waals surface area contributed by atoms with Gasteiger partial charge in [0, 0.05) is 15.2 Å². The lowest BCUT2D eigenvalue weighted by molar-refractivity contribution is -0.118. The Morgan fingerprint density at radius 1 is 1.21 bits per heavy atom. The Morgan fingerprint density at radius 2 is 1.89 bits per heavy atom. The monoisotopic (exact) mass is 338 g/mol. The van der Waals surface area contributed by atoms with Crippen LogP contribution >= 0.6 is 27.5 Å². The van der Waals surface area contributed by atoms with Gasteiger partial charge >= 0.3 is 0 Å². The number of carbonyl (C=O) groups is 1. The van der Waals surface area contributed by atoms with Crippen LogP contribution < -0.4 is 11.1 Å². The molecule has 0 heterocycles. The molecule has 2 aromatic rings. The van der Waals surface area contributed by atoms with Crippen molar-refractivity contribution >= 4 is 39.1 Å². The van der Waals surface area contributed by atoms with Crippen LogP contribution in [0.15, 0.2) is 53.0 Å². The zero-order valence-corrected chi connectivity index (χ0v) is 12.3. The predicted octanol–water partition coefficient (Wildman–Crippen LogP) is 3.74. The number of carbonyl (C=O) groups excluding carboxylic acids is 1. The molecule has 98 valence electrons. The van der Waals surface area contributed by atoms with Crippen LogP contribution in [0.1, 0.15) is 11.6 Å². The molecular formula is C14H12BrClN2O. The number of nitrogens with one attached hydrogen (secondary N) is 1. The highest BCUT2D eigenvalue weighted by atomic mass is 79.9. The van der Waals surface area contributed by atoms with Crippen LogP contribution in [-0.2, 0) is 4.79 Å². The van der Waals surface area contributed by atoms with E-state index in [1.807, 2.05) is 36.4 Å². The molecule has 0 aromatic heterocycles. The molecule has 3 nitrogen and oxygen atoms in total. The number of amides is 1. The lowest BCUT2D eigenvalue weighted by Crippen LogP contribution is -2.27. The first-order valence-electron chi connectivity index (χ1n) is 5.63. The normalized spacial score (nSPS) is 11.9. The van der Waals surface area contributed by atoms with E-state index in [0.717, 1.165) is 15.7 Å². The highest BCUT2D eigenvalue weighted by molar-refractivity contribution is 9.10. The second-order valence-electron chi connectivity index (χ2n) is 4.04. The van der Waals surface area contributed by atoms with E-state index in [-0.39, 0.29) is 0 Å². The lowest BCUT2D eigenvalue weighted by Gasteiger charge is -2.17. The molecule has 0 saturated carbocycles. The van der Waals surface area contributed by atoms with E-state index >= 15 is 0 Å². The molecule has 0 aliphatic carbocycles. The summed E-state index contributed by atoms with van der Waals surface area (Å²) in [5, 5.41) is 3.68. The SMILES string of the molecule is NC(=O)C(Nc1cccc(Cl)c1)c1ccc(Br)cc1. The van der Waals surface area contributed by atoms with Gasteiger partial charge in [-0.3, -0.25) is 4.79 Å². The van der Waals surface area contributed by atoms with Gasteiger partial charge in [0.2, 0.25) is 5.91 Å². The molecule has 1 atom stereocenters. The standard InChI is InChI=1S/C14H12BrClN2O/c15-10-6-4-9(5-7-10)13(14(17)19)18-12-3-1-2-11(16)8-12/h1-8,13,18H,(H2,17,19). The average molecular weight is 340 g/mol. The number of primary amides is 1. The number of hydrogen-bond acceptors (Lipinski definition) is 2. The number of rotatable bonds is 4. The summed E-state index contributed by atoms with van der Waals surface area (Å²) in [4.78, 5) is 11.6. The van der Waals surface area contributed by atoms with Gasteiger partial charge in [-0.25, -0.2) is 0 Å². The third kappa shape index (κ3) is 3.72. The summed E-state index contributed by atoms with van der Waals surface area (Å²) in [5.74, 6) is -0.442. The third-order valence-corrected chi connectivity index (χ3v) is 3.39. The molecule has 1 unspecified atom stereocenters. The van der Waals surface area contributed by atoms with Crippen LogP contribution in [0.2, 0.25) is 5.02 Å². The predicted molar refractivity (Wildman–Crippen MR) is 81.2 cm³/mol. The first kappa shape index (κ1) is 13.9. The van der Waals surface area contributed by atoms with E-state index in [1.165, 1.54) is 0 Å². The van der Waals surface area contributed by atoms with Crippen molar-refractivity contribution in [3.8, 4) is 0 Å². The molecule has 1 amide bonds. The molecule has 0 aliphatic heterocycles. The van der Waals surface area contributed by atoms with Crippen LogP contribution in [0, 0.1) is 0 Å². The molecular weight excluding hydrogens is 328 g/mol. The van der Waals surface area contributed by atoms with Crippen LogP contribution in [0.5, 0.6) is 0 Å². The van der Waals surface area contributed by atoms with E-state index in [1.54, 1.807) is 12.1 Å². The summed E-state index contributed by atoms with van der Waals surface area (Å²) in [7, 11) is 0. The minimum atomic E-state index is -0.591. The van der Waals surface area contributed by atoms with E-state index < -0.39 is 11.9 Å². The van der Waals surface area contributed by atoms with E-state index in [0.29, 0.717) is 5.02 Å². The second-order valence-corrected chi connectivity index (χ2v) is 5.39. The topological polar surface area (TPSA) is 55.1 Å². The second kappa shape index (κ2) is 6.08. The minimum Gasteiger partial charge on any atom is -0.370 e. The quantitative estimate of drug-likeness (QED) is 0.891. The number of nitrogens with two attached hydrogens (primary N) is 1. The Labute approximate surface area is 124 Å². The van der Waals surface area contributed by atoms with Gasteiger partial charge in [0.25, 0.3) is 0 Å². The van der Waals surface area contributed by atoms with Gasteiger partial charge in [-0.1, -0.05) is 45.7 Å². The molecule has 0 radical (unpaired) electrons. The fraction of sp³-hybridized carbons (Fsp3) is 0.0714. The molecule has 0 bridgehead atoms. The molecule has 0 fully saturated rings. The van der Waals surface area contributed by atoms with Crippen LogP contribution in [0.3, 0.4) is 0 Å². The van der Waals surface area contributed by atoms with E-state index in [4.69, 9.17) is 17.3 Å². The van der Waals surface area contributed by atoms with Crippen LogP contribution in [0.4, 0.5) is 5.69 Å². The molecule has 3 N–H and O–H groups in total. The van der Waals surface area contributed by atoms with Gasteiger partial charge in [0.05, 0.1) is 0 Å². The maximum atomic E-state index is 11.6. The summed E-state index contributed by atoms with van der Waals surface area (Å²) >= 11 is 9.27. The molecule has 0 aliphatic rings. The molecule has 0 saturated heterocycles. The molecule has 0 spiro atoms. The van der Waals surface area contributed by atoms with Crippen molar-refractivity contribution in [3.63, 3.8) is 0 Å². The van der Waals surface area contributed by atoms with Crippen molar-refractivity contribution in [1.82, 2.24) is 0 Å². The van der Waals surface area contributed by atoms with Gasteiger partial charge in [-0.15, -0.1) is 0 Å². The van der Waals surface area contributed by atoms with Crippen molar-refractivity contribution in [2.45, 2.75) is 6.04 Å². The third-order valence-electron chi connectivity index (χ3n) is 2.62. The lowest BCUT2D eigenvalue weighted by atomic mass is 10.1. The van der Waals surface area contributed by atoms with Gasteiger partial charge in [0.1, 0.15) is 6.04 Å². The number of hydrogen-bond donors (Lipinski definition) is 2. The summed E-state index contributed by atoms with van der Waals surface area (Å²) < 4.78 is 0.947. The summed E-state index contributed by atoms with van der Waals surface area (Å²) in [6.45, 7) is 0. The number of benzene rings is 2. The van der Waals surface area contributed by atoms with Crippen molar-refractivity contribution in [1.29, 1.82) is 0 Å². The Bertz CT molecular complexity index is 586. The van der Waals surface area contributed by atoms with E-state index in [9.17, 15) is 4.79 Å². The smallest absolute Gasteiger partial charge is 0.244 e. The van der Waals surface area contributed by atoms with Gasteiger partial charge in [-0.05, 0) is 35.9 Å². The van der Waals surface area contributed by atoms with Crippen molar-refractivity contribution < 1.29 is 4.79 Å². The molecule has 2 rings (SSSR count). The first-order chi connectivity index (χ1) is 9.06. The molecule has 19 heavy (non-hydrogen) atoms. The Balaban J connectivity index is 2.26. The fourth-order valence-electron chi connectivity index (χ4n) is 1.72. The first-order valence-corrected chi connectivity index (χ1v) is 6.80. The Kier molecular flexibility index (Phi) is 4.45.